The maximum Gasteiger partial charge on any atom is 0.144 e. The average molecular weight is 655 g/mol. The lowest BCUT2D eigenvalue weighted by Gasteiger charge is -2.26. The van der Waals surface area contributed by atoms with Crippen LogP contribution >= 0.6 is 0 Å². The van der Waals surface area contributed by atoms with Gasteiger partial charge in [-0.3, -0.25) is 0 Å². The molecule has 0 spiro atoms. The zero-order valence-electron chi connectivity index (χ0n) is 29.0. The van der Waals surface area contributed by atoms with E-state index in [1.165, 1.54) is 44.5 Å². The van der Waals surface area contributed by atoms with Gasteiger partial charge >= 0.3 is 0 Å². The summed E-state index contributed by atoms with van der Waals surface area (Å²) in [5.74, 6) is 0. The van der Waals surface area contributed by atoms with Crippen molar-refractivity contribution in [1.29, 1.82) is 0 Å². The zero-order valence-corrected chi connectivity index (χ0v) is 29.0. The highest BCUT2D eigenvalue weighted by atomic mass is 16.3. The van der Waals surface area contributed by atoms with Crippen molar-refractivity contribution < 1.29 is 4.42 Å². The second kappa shape index (κ2) is 9.80. The highest BCUT2D eigenvalue weighted by molar-refractivity contribution is 6.18. The molecule has 0 saturated carbocycles. The van der Waals surface area contributed by atoms with Gasteiger partial charge in [0.25, 0.3) is 0 Å². The second-order valence-corrected chi connectivity index (χ2v) is 15.3. The first-order valence-electron chi connectivity index (χ1n) is 17.9. The minimum Gasteiger partial charge on any atom is -0.455 e. The summed E-state index contributed by atoms with van der Waals surface area (Å²) in [5, 5.41) is 4.49. The topological polar surface area (TPSA) is 38.9 Å². The van der Waals surface area contributed by atoms with Gasteiger partial charge in [0.1, 0.15) is 11.2 Å². The molecular weight excluding hydrogens is 621 g/mol. The van der Waals surface area contributed by atoms with E-state index in [9.17, 15) is 0 Å². The van der Waals surface area contributed by atoms with Crippen LogP contribution in [-0.4, -0.2) is 9.97 Å². The fourth-order valence-corrected chi connectivity index (χ4v) is 9.52. The van der Waals surface area contributed by atoms with Gasteiger partial charge in [0.05, 0.1) is 22.4 Å². The van der Waals surface area contributed by atoms with Crippen LogP contribution in [0.4, 0.5) is 0 Å². The molecule has 0 bridgehead atoms. The third-order valence-corrected chi connectivity index (χ3v) is 11.8. The zero-order chi connectivity index (χ0) is 34.2. The molecule has 0 saturated heterocycles. The fraction of sp³-hybridized carbons (Fsp3) is 0.125. The molecule has 0 atom stereocenters. The molecule has 3 aromatic heterocycles. The summed E-state index contributed by atoms with van der Waals surface area (Å²) in [6, 6.07) is 47.9. The van der Waals surface area contributed by atoms with Crippen LogP contribution in [0.5, 0.6) is 0 Å². The van der Waals surface area contributed by atoms with Crippen molar-refractivity contribution >= 4 is 43.7 Å². The third kappa shape index (κ3) is 3.63. The number of nitrogens with zero attached hydrogens (tertiary/aromatic N) is 2. The first-order valence-corrected chi connectivity index (χ1v) is 17.9. The molecule has 6 aromatic carbocycles. The van der Waals surface area contributed by atoms with Crippen LogP contribution < -0.4 is 0 Å². The normalized spacial score (nSPS) is 15.0. The Morgan fingerprint density at radius 1 is 0.431 bits per heavy atom. The molecule has 0 radical (unpaired) electrons. The summed E-state index contributed by atoms with van der Waals surface area (Å²) in [7, 11) is 0. The summed E-state index contributed by atoms with van der Waals surface area (Å²) >= 11 is 0. The van der Waals surface area contributed by atoms with E-state index in [-0.39, 0.29) is 10.8 Å². The lowest BCUT2D eigenvalue weighted by molar-refractivity contribution is 0.657. The SMILES string of the molecule is CC1(C)c2ccccc2-c2c1c(-c1ccccc1)nc1c2ccc2c3c(c(-c4cccc5c4oc4ccccc45)nc21)C(C)(C)c1ccccc1-3. The molecule has 0 N–H and O–H groups in total. The highest BCUT2D eigenvalue weighted by Crippen LogP contribution is 2.58. The van der Waals surface area contributed by atoms with E-state index in [0.717, 1.165) is 66.3 Å². The molecule has 2 aliphatic carbocycles. The number of fused-ring (bicyclic) bond motifs is 14. The van der Waals surface area contributed by atoms with Gasteiger partial charge in [0.15, 0.2) is 0 Å². The van der Waals surface area contributed by atoms with Gasteiger partial charge in [-0.25, -0.2) is 9.97 Å². The van der Waals surface area contributed by atoms with Crippen LogP contribution in [-0.2, 0) is 10.8 Å². The second-order valence-electron chi connectivity index (χ2n) is 15.3. The predicted octanol–water partition coefficient (Wildman–Crippen LogP) is 12.6. The van der Waals surface area contributed by atoms with Crippen molar-refractivity contribution in [2.45, 2.75) is 38.5 Å². The summed E-state index contributed by atoms with van der Waals surface area (Å²) in [6.45, 7) is 9.36. The largest absolute Gasteiger partial charge is 0.455 e. The van der Waals surface area contributed by atoms with Gasteiger partial charge in [-0.1, -0.05) is 149 Å². The van der Waals surface area contributed by atoms with E-state index >= 15 is 0 Å². The summed E-state index contributed by atoms with van der Waals surface area (Å²) in [4.78, 5) is 11.5. The van der Waals surface area contributed by atoms with Crippen molar-refractivity contribution in [3.05, 3.63) is 156 Å². The van der Waals surface area contributed by atoms with Crippen LogP contribution in [0, 0.1) is 0 Å². The molecule has 2 aliphatic rings. The lowest BCUT2D eigenvalue weighted by Crippen LogP contribution is -2.17. The molecule has 0 unspecified atom stereocenters. The maximum absolute atomic E-state index is 6.69. The van der Waals surface area contributed by atoms with Gasteiger partial charge in [-0.15, -0.1) is 0 Å². The van der Waals surface area contributed by atoms with E-state index in [2.05, 4.69) is 155 Å². The van der Waals surface area contributed by atoms with Crippen molar-refractivity contribution in [3.63, 3.8) is 0 Å². The predicted molar refractivity (Wildman–Crippen MR) is 210 cm³/mol. The number of furan rings is 1. The molecule has 3 heteroatoms. The Morgan fingerprint density at radius 2 is 0.941 bits per heavy atom. The smallest absolute Gasteiger partial charge is 0.144 e. The van der Waals surface area contributed by atoms with Crippen molar-refractivity contribution in [2.75, 3.05) is 0 Å². The van der Waals surface area contributed by atoms with E-state index in [1.807, 2.05) is 6.07 Å². The van der Waals surface area contributed by atoms with Crippen LogP contribution in [0.25, 0.3) is 88.5 Å². The number of para-hydroxylation sites is 2. The first-order chi connectivity index (χ1) is 24.8. The quantitative estimate of drug-likeness (QED) is 0.174. The van der Waals surface area contributed by atoms with Crippen LogP contribution in [0.1, 0.15) is 49.9 Å². The molecule has 3 heterocycles. The number of rotatable bonds is 2. The summed E-state index contributed by atoms with van der Waals surface area (Å²) < 4.78 is 6.69. The van der Waals surface area contributed by atoms with Crippen LogP contribution in [0.3, 0.4) is 0 Å². The average Bonchev–Trinajstić information content (AvgIpc) is 3.75. The highest BCUT2D eigenvalue weighted by Gasteiger charge is 2.42. The van der Waals surface area contributed by atoms with Gasteiger partial charge in [-0.2, -0.15) is 0 Å². The summed E-state index contributed by atoms with van der Waals surface area (Å²) in [5.41, 5.74) is 17.4. The Morgan fingerprint density at radius 3 is 1.61 bits per heavy atom. The Hall–Kier alpha value is -6.06. The Bertz CT molecular complexity index is 2960. The van der Waals surface area contributed by atoms with Crippen LogP contribution in [0.15, 0.2) is 138 Å². The number of hydrogen-bond donors (Lipinski definition) is 0. The number of aromatic nitrogens is 2. The molecule has 0 fully saturated rings. The lowest BCUT2D eigenvalue weighted by atomic mass is 9.79. The first kappa shape index (κ1) is 28.7. The molecule has 0 aliphatic heterocycles. The minimum atomic E-state index is -0.283. The molecule has 11 rings (SSSR count). The Kier molecular flexibility index (Phi) is 5.52. The molecule has 9 aromatic rings. The van der Waals surface area contributed by atoms with Crippen molar-refractivity contribution in [3.8, 4) is 44.8 Å². The van der Waals surface area contributed by atoms with E-state index in [0.29, 0.717) is 0 Å². The van der Waals surface area contributed by atoms with Crippen molar-refractivity contribution in [1.82, 2.24) is 9.97 Å². The maximum atomic E-state index is 6.69. The van der Waals surface area contributed by atoms with E-state index < -0.39 is 0 Å². The molecular formula is C48H34N2O. The fourth-order valence-electron chi connectivity index (χ4n) is 9.52. The Balaban J connectivity index is 1.35. The molecule has 242 valence electrons. The van der Waals surface area contributed by atoms with Crippen LogP contribution in [0.2, 0.25) is 0 Å². The number of benzene rings is 6. The van der Waals surface area contributed by atoms with Gasteiger partial charge in [0, 0.05) is 43.5 Å². The molecule has 0 amide bonds. The molecule has 51 heavy (non-hydrogen) atoms. The van der Waals surface area contributed by atoms with E-state index in [1.54, 1.807) is 0 Å². The standard InChI is InChI=1S/C48H34N2O/c1-47(2)35-22-11-8-18-30(35)38-32-25-26-33-39-31-19-9-12-23-36(31)48(3,4)41(39)43(34-21-14-20-29-28-17-10-13-24-37(28)51-46(29)34)50-45(33)44(32)49-42(40(38)47)27-15-6-5-7-16-27/h5-26H,1-4H3. The van der Waals surface area contributed by atoms with Gasteiger partial charge in [0.2, 0.25) is 0 Å². The van der Waals surface area contributed by atoms with Gasteiger partial charge < -0.3 is 4.42 Å². The minimum absolute atomic E-state index is 0.219. The van der Waals surface area contributed by atoms with Gasteiger partial charge in [-0.05, 0) is 56.6 Å². The summed E-state index contributed by atoms with van der Waals surface area (Å²) in [6.07, 6.45) is 0. The monoisotopic (exact) mass is 654 g/mol. The number of pyridine rings is 2. The van der Waals surface area contributed by atoms with Crippen molar-refractivity contribution in [2.24, 2.45) is 0 Å². The number of hydrogen-bond acceptors (Lipinski definition) is 3. The van der Waals surface area contributed by atoms with E-state index in [4.69, 9.17) is 14.4 Å². The Labute approximate surface area is 296 Å². The third-order valence-electron chi connectivity index (χ3n) is 11.8. The molecule has 3 nitrogen and oxygen atoms in total.